The van der Waals surface area contributed by atoms with Crippen LogP contribution in [0, 0.1) is 5.82 Å². The summed E-state index contributed by atoms with van der Waals surface area (Å²) >= 11 is 0.693. The molecule has 12 heteroatoms. The van der Waals surface area contributed by atoms with Crippen molar-refractivity contribution in [2.45, 2.75) is 31.9 Å². The van der Waals surface area contributed by atoms with Gasteiger partial charge < -0.3 is 26.3 Å². The number of hydrogen-bond donors (Lipinski definition) is 3. The number of carbonyl (C=O) groups is 3. The van der Waals surface area contributed by atoms with E-state index in [1.54, 1.807) is 24.3 Å². The maximum atomic E-state index is 14.0. The van der Waals surface area contributed by atoms with Crippen molar-refractivity contribution >= 4 is 40.6 Å². The van der Waals surface area contributed by atoms with Crippen LogP contribution in [0.15, 0.2) is 48.5 Å². The normalized spacial score (nSPS) is 15.6. The number of carbonyl (C=O) groups excluding carboxylic acids is 3. The number of anilines is 2. The number of nitrogen functional groups attached to an aromatic ring is 1. The van der Waals surface area contributed by atoms with Gasteiger partial charge in [0.15, 0.2) is 5.69 Å². The average molecular weight is 542 g/mol. The first kappa shape index (κ1) is 27.0. The van der Waals surface area contributed by atoms with Crippen LogP contribution >= 0.6 is 11.5 Å². The number of aromatic nitrogens is 1. The molecule has 3 amide bonds. The fraction of sp³-hybridized carbons (Fsp3) is 0.308. The molecule has 1 aromatic heterocycles. The van der Waals surface area contributed by atoms with E-state index in [9.17, 15) is 18.8 Å². The Morgan fingerprint density at radius 3 is 2.50 bits per heavy atom. The highest BCUT2D eigenvalue weighted by atomic mass is 32.1. The molecule has 1 aliphatic rings. The zero-order chi connectivity index (χ0) is 27.2. The predicted octanol–water partition coefficient (Wildman–Crippen LogP) is 3.05. The highest BCUT2D eigenvalue weighted by molar-refractivity contribution is 7.09. The molecule has 2 heterocycles. The Bertz CT molecular complexity index is 1290. The number of primary amides is 1. The van der Waals surface area contributed by atoms with Gasteiger partial charge in [-0.1, -0.05) is 12.1 Å². The fourth-order valence-electron chi connectivity index (χ4n) is 4.17. The Morgan fingerprint density at radius 2 is 1.92 bits per heavy atom. The summed E-state index contributed by atoms with van der Waals surface area (Å²) in [6, 6.07) is 10.7. The van der Waals surface area contributed by atoms with Crippen molar-refractivity contribution in [3.63, 3.8) is 0 Å². The third kappa shape index (κ3) is 5.92. The summed E-state index contributed by atoms with van der Waals surface area (Å²) < 4.78 is 28.9. The van der Waals surface area contributed by atoms with Crippen LogP contribution in [0.3, 0.4) is 0 Å². The summed E-state index contributed by atoms with van der Waals surface area (Å²) in [6.45, 7) is 3.18. The minimum atomic E-state index is -1.19. The second-order valence-corrected chi connectivity index (χ2v) is 9.35. The van der Waals surface area contributed by atoms with E-state index < -0.39 is 29.6 Å². The van der Waals surface area contributed by atoms with E-state index in [4.69, 9.17) is 20.9 Å². The first-order valence-corrected chi connectivity index (χ1v) is 12.8. The molecule has 1 saturated heterocycles. The molecule has 0 saturated carbocycles. The Balaban J connectivity index is 1.79. The van der Waals surface area contributed by atoms with E-state index in [1.165, 1.54) is 29.2 Å². The molecule has 10 nitrogen and oxygen atoms in total. The van der Waals surface area contributed by atoms with E-state index >= 15 is 0 Å². The molecule has 200 valence electrons. The number of rotatable bonds is 10. The summed E-state index contributed by atoms with van der Waals surface area (Å²) in [6.07, 6.45) is 1.57. The van der Waals surface area contributed by atoms with Crippen molar-refractivity contribution in [3.8, 4) is 5.75 Å². The number of ether oxygens (including phenoxy) is 2. The fourth-order valence-corrected chi connectivity index (χ4v) is 4.91. The second-order valence-electron chi connectivity index (χ2n) is 8.57. The molecular weight excluding hydrogens is 513 g/mol. The van der Waals surface area contributed by atoms with E-state index in [0.29, 0.717) is 36.1 Å². The second kappa shape index (κ2) is 12.0. The zero-order valence-electron chi connectivity index (χ0n) is 20.7. The van der Waals surface area contributed by atoms with Crippen LogP contribution in [0.1, 0.15) is 51.5 Å². The monoisotopic (exact) mass is 541 g/mol. The smallest absolute Gasteiger partial charge is 0.273 e. The van der Waals surface area contributed by atoms with Crippen molar-refractivity contribution in [3.05, 3.63) is 70.5 Å². The van der Waals surface area contributed by atoms with Gasteiger partial charge in [-0.25, -0.2) is 4.39 Å². The van der Waals surface area contributed by atoms with Crippen molar-refractivity contribution in [1.82, 2.24) is 9.69 Å². The highest BCUT2D eigenvalue weighted by Crippen LogP contribution is 2.34. The number of nitrogens with zero attached hydrogens (tertiary/aromatic N) is 2. The lowest BCUT2D eigenvalue weighted by Crippen LogP contribution is -2.45. The van der Waals surface area contributed by atoms with Gasteiger partial charge in [0, 0.05) is 18.8 Å². The minimum absolute atomic E-state index is 0.0778. The molecule has 0 radical (unpaired) electrons. The highest BCUT2D eigenvalue weighted by Gasteiger charge is 2.36. The number of nitrogens with one attached hydrogen (secondary N) is 1. The molecule has 4 rings (SSSR count). The number of amides is 3. The SMILES string of the molecule is CCOc1ccc([C@@H](C(=O)NC[C@H]2CCCO2)N(C(=O)c2snc(C(N)=O)c2N)c2ccc(F)cc2)cc1. The van der Waals surface area contributed by atoms with Crippen molar-refractivity contribution in [1.29, 1.82) is 0 Å². The van der Waals surface area contributed by atoms with Crippen LogP contribution in [-0.2, 0) is 9.53 Å². The molecule has 0 aliphatic carbocycles. The maximum absolute atomic E-state index is 14.0. The van der Waals surface area contributed by atoms with Gasteiger partial charge in [0.25, 0.3) is 11.8 Å². The van der Waals surface area contributed by atoms with Crippen LogP contribution in [0.2, 0.25) is 0 Å². The molecule has 38 heavy (non-hydrogen) atoms. The largest absolute Gasteiger partial charge is 0.494 e. The maximum Gasteiger partial charge on any atom is 0.273 e. The van der Waals surface area contributed by atoms with Gasteiger partial charge in [0.1, 0.15) is 22.5 Å². The molecular formula is C26H28FN5O5S. The predicted molar refractivity (Wildman–Crippen MR) is 141 cm³/mol. The van der Waals surface area contributed by atoms with Gasteiger partial charge in [-0.3, -0.25) is 19.3 Å². The number of benzene rings is 2. The summed E-state index contributed by atoms with van der Waals surface area (Å²) in [7, 11) is 0. The lowest BCUT2D eigenvalue weighted by molar-refractivity contribution is -0.123. The molecule has 5 N–H and O–H groups in total. The third-order valence-electron chi connectivity index (χ3n) is 6.02. The van der Waals surface area contributed by atoms with Gasteiger partial charge >= 0.3 is 0 Å². The van der Waals surface area contributed by atoms with Crippen LogP contribution < -0.4 is 26.4 Å². The van der Waals surface area contributed by atoms with Crippen LogP contribution in [-0.4, -0.2) is 48.0 Å². The van der Waals surface area contributed by atoms with Crippen molar-refractivity contribution in [2.75, 3.05) is 30.4 Å². The minimum Gasteiger partial charge on any atom is -0.494 e. The first-order chi connectivity index (χ1) is 18.3. The van der Waals surface area contributed by atoms with E-state index in [0.717, 1.165) is 12.8 Å². The molecule has 0 spiro atoms. The number of hydrogen-bond acceptors (Lipinski definition) is 8. The number of halogens is 1. The van der Waals surface area contributed by atoms with Crippen molar-refractivity contribution < 1.29 is 28.2 Å². The Kier molecular flexibility index (Phi) is 8.54. The van der Waals surface area contributed by atoms with Gasteiger partial charge in [-0.15, -0.1) is 0 Å². The van der Waals surface area contributed by atoms with E-state index in [1.807, 2.05) is 6.92 Å². The third-order valence-corrected chi connectivity index (χ3v) is 6.87. The molecule has 1 aliphatic heterocycles. The lowest BCUT2D eigenvalue weighted by atomic mass is 10.0. The number of nitrogens with two attached hydrogens (primary N) is 2. The zero-order valence-corrected chi connectivity index (χ0v) is 21.5. The Morgan fingerprint density at radius 1 is 1.21 bits per heavy atom. The van der Waals surface area contributed by atoms with Gasteiger partial charge in [0.05, 0.1) is 18.4 Å². The molecule has 2 aromatic carbocycles. The van der Waals surface area contributed by atoms with Gasteiger partial charge in [-0.05, 0) is 73.3 Å². The van der Waals surface area contributed by atoms with Crippen LogP contribution in [0.4, 0.5) is 15.8 Å². The van der Waals surface area contributed by atoms with Crippen molar-refractivity contribution in [2.24, 2.45) is 5.73 Å². The first-order valence-electron chi connectivity index (χ1n) is 12.1. The molecule has 3 aromatic rings. The molecule has 2 atom stereocenters. The summed E-state index contributed by atoms with van der Waals surface area (Å²) in [5, 5.41) is 2.89. The lowest BCUT2D eigenvalue weighted by Gasteiger charge is -2.31. The Hall–Kier alpha value is -4.03. The van der Waals surface area contributed by atoms with Gasteiger partial charge in [0.2, 0.25) is 5.91 Å². The summed E-state index contributed by atoms with van der Waals surface area (Å²) in [5.74, 6) is -2.00. The standard InChI is InChI=1S/C26H28FN5O5S/c1-2-36-18-11-5-15(6-12-18)22(25(34)30-14-19-4-3-13-37-19)32(17-9-7-16(27)8-10-17)26(35)23-20(28)21(24(29)33)31-38-23/h5-12,19,22H,2-4,13-14,28H2,1H3,(H2,29,33)(H,30,34)/t19-,22+/m1/s1. The van der Waals surface area contributed by atoms with E-state index in [2.05, 4.69) is 9.69 Å². The van der Waals surface area contributed by atoms with E-state index in [-0.39, 0.29) is 34.6 Å². The van der Waals surface area contributed by atoms with Gasteiger partial charge in [-0.2, -0.15) is 4.37 Å². The average Bonchev–Trinajstić information content (AvgIpc) is 3.57. The topological polar surface area (TPSA) is 150 Å². The quantitative estimate of drug-likeness (QED) is 0.357. The molecule has 1 fully saturated rings. The Labute approximate surface area is 222 Å². The van der Waals surface area contributed by atoms with Crippen LogP contribution in [0.5, 0.6) is 5.75 Å². The summed E-state index contributed by atoms with van der Waals surface area (Å²) in [4.78, 5) is 40.6. The van der Waals surface area contributed by atoms with Crippen LogP contribution in [0.25, 0.3) is 0 Å². The summed E-state index contributed by atoms with van der Waals surface area (Å²) in [5.41, 5.74) is 11.7. The molecule has 0 bridgehead atoms. The molecule has 0 unspecified atom stereocenters.